The summed E-state index contributed by atoms with van der Waals surface area (Å²) in [7, 11) is 0. The van der Waals surface area contributed by atoms with E-state index in [0.717, 1.165) is 0 Å². The first-order valence-corrected chi connectivity index (χ1v) is 5.61. The van der Waals surface area contributed by atoms with Crippen molar-refractivity contribution >= 4 is 20.5 Å². The summed E-state index contributed by atoms with van der Waals surface area (Å²) < 4.78 is 33.3. The van der Waals surface area contributed by atoms with Gasteiger partial charge in [0.15, 0.2) is 0 Å². The first-order valence-electron chi connectivity index (χ1n) is 0.836. The molecule has 0 amide bonds. The molecule has 0 aromatic rings. The van der Waals surface area contributed by atoms with Crippen molar-refractivity contribution in [3.63, 3.8) is 0 Å². The molecule has 8 heteroatoms. The van der Waals surface area contributed by atoms with E-state index in [4.69, 9.17) is 13.5 Å². The van der Waals surface area contributed by atoms with E-state index in [1.54, 1.807) is 0 Å². The number of hydrogen-bond donors (Lipinski definition) is 1. The van der Waals surface area contributed by atoms with Gasteiger partial charge in [0.25, 0.3) is 0 Å². The number of rotatable bonds is 0. The van der Waals surface area contributed by atoms with Gasteiger partial charge in [0.2, 0.25) is 0 Å². The Kier molecular flexibility index (Phi) is 36.8. The van der Waals surface area contributed by atoms with Crippen LogP contribution in [0.4, 0.5) is 0 Å². The molecule has 0 bridgehead atoms. The quantitative estimate of drug-likeness (QED) is 0.450. The van der Waals surface area contributed by atoms with E-state index in [1.165, 1.54) is 0 Å². The van der Waals surface area contributed by atoms with Crippen molar-refractivity contribution in [2.24, 2.45) is 0 Å². The topological polar surface area (TPSA) is 89.4 Å². The van der Waals surface area contributed by atoms with Gasteiger partial charge < -0.3 is 0 Å². The van der Waals surface area contributed by atoms with Crippen LogP contribution in [0.3, 0.4) is 0 Å². The second kappa shape index (κ2) is 12.6. The van der Waals surface area contributed by atoms with Gasteiger partial charge in [-0.25, -0.2) is 0 Å². The van der Waals surface area contributed by atoms with Crippen molar-refractivity contribution in [1.82, 2.24) is 0 Å². The van der Waals surface area contributed by atoms with Crippen LogP contribution in [0.2, 0.25) is 0 Å². The van der Waals surface area contributed by atoms with Crippen LogP contribution >= 0.6 is 0 Å². The second-order valence-corrected chi connectivity index (χ2v) is 3.51. The summed E-state index contributed by atoms with van der Waals surface area (Å²) in [6.07, 6.45) is 0. The number of hydrogen-bond acceptors (Lipinski definition) is 4. The van der Waals surface area contributed by atoms with Crippen LogP contribution in [0.1, 0.15) is 0 Å². The summed E-state index contributed by atoms with van der Waals surface area (Å²) in [6, 6.07) is 0. The molecule has 0 fully saturated rings. The zero-order valence-corrected chi connectivity index (χ0v) is 17.4. The molecule has 0 radical (unpaired) electrons. The minimum atomic E-state index is -5.93. The van der Waals surface area contributed by atoms with Crippen molar-refractivity contribution in [1.29, 1.82) is 0 Å². The molecule has 0 aliphatic rings. The zero-order chi connectivity index (χ0) is 4.50. The molecule has 1 N–H and O–H groups in total. The summed E-state index contributed by atoms with van der Waals surface area (Å²) in [6.45, 7) is 0. The maximum atomic E-state index is 8.76. The molecule has 0 unspecified atom stereocenters. The monoisotopic (exact) mass is 304 g/mol. The molecule has 0 atom stereocenters. The molecule has 8 heavy (non-hydrogen) atoms. The van der Waals surface area contributed by atoms with Gasteiger partial charge in [0.1, 0.15) is 0 Å². The molecule has 0 heterocycles. The average Bonchev–Trinajstić information content (AvgIpc) is 0.722. The van der Waals surface area contributed by atoms with Gasteiger partial charge in [-0.3, -0.25) is 0 Å². The Balaban J connectivity index is -0.0000000267. The third-order valence-electron chi connectivity index (χ3n) is 0. The van der Waals surface area contributed by atoms with Crippen molar-refractivity contribution in [3.05, 3.63) is 0 Å². The second-order valence-electron chi connectivity index (χ2n) is 0.524. The summed E-state index contributed by atoms with van der Waals surface area (Å²) in [5, 5.41) is 0. The van der Waals surface area contributed by atoms with Gasteiger partial charge >= 0.3 is 188 Å². The molecule has 0 aliphatic heterocycles. The summed E-state index contributed by atoms with van der Waals surface area (Å²) in [5.74, 6) is 0. The van der Waals surface area contributed by atoms with Gasteiger partial charge in [-0.05, 0) is 0 Å². The van der Waals surface area contributed by atoms with Gasteiger partial charge in [-0.1, -0.05) is 0 Å². The molecule has 0 aliphatic carbocycles. The first kappa shape index (κ1) is 23.4. The standard InChI is InChI=1S/3K.H2O.3O.Sb.H/h;;;1H2;;;;;/q3*+1;;3*-1;+1;/p-1. The van der Waals surface area contributed by atoms with E-state index >= 15 is 0 Å². The molecule has 0 rings (SSSR count). The Morgan fingerprint density at radius 1 is 0.875 bits per heavy atom. The van der Waals surface area contributed by atoms with Gasteiger partial charge in [-0.15, -0.1) is 0 Å². The maximum absolute atomic E-state index is 8.76. The average molecular weight is 305 g/mol. The third kappa shape index (κ3) is 41.7. The van der Waals surface area contributed by atoms with Crippen LogP contribution < -0.4 is 164 Å². The van der Waals surface area contributed by atoms with Crippen LogP contribution in [0.15, 0.2) is 0 Å². The molecular weight excluding hydrogens is 303 g/mol. The Labute approximate surface area is 181 Å². The minimum absolute atomic E-state index is 0. The van der Waals surface area contributed by atoms with Crippen LogP contribution in [0, 0.1) is 0 Å². The molecule has 0 spiro atoms. The van der Waals surface area contributed by atoms with E-state index in [0.29, 0.717) is 0 Å². The van der Waals surface area contributed by atoms with Crippen LogP contribution in [0.25, 0.3) is 0 Å². The SMILES string of the molecule is [K+].[K+].[K+].[O-][SbH]([O-])([O-])[OH]. The Bertz CT molecular complexity index is 26.8. The van der Waals surface area contributed by atoms with E-state index in [-0.39, 0.29) is 154 Å². The zero-order valence-electron chi connectivity index (χ0n) is 5.17. The molecular formula is H2K3O4Sb. The molecule has 34 valence electrons. The van der Waals surface area contributed by atoms with Crippen molar-refractivity contribution < 1.29 is 168 Å². The molecule has 0 saturated heterocycles. The Hall–Kier alpha value is 5.57. The Morgan fingerprint density at radius 3 is 0.875 bits per heavy atom. The molecule has 0 aromatic heterocycles. The fourth-order valence-electron chi connectivity index (χ4n) is 0. The Morgan fingerprint density at radius 2 is 0.875 bits per heavy atom. The van der Waals surface area contributed by atoms with Crippen molar-refractivity contribution in [2.45, 2.75) is 0 Å². The van der Waals surface area contributed by atoms with Gasteiger partial charge in [0, 0.05) is 0 Å². The summed E-state index contributed by atoms with van der Waals surface area (Å²) in [4.78, 5) is 0. The first-order chi connectivity index (χ1) is 2.00. The molecule has 0 aromatic carbocycles. The summed E-state index contributed by atoms with van der Waals surface area (Å²) in [5.41, 5.74) is 0. The molecule has 0 saturated carbocycles. The van der Waals surface area contributed by atoms with Gasteiger partial charge in [0.05, 0.1) is 0 Å². The fourth-order valence-corrected chi connectivity index (χ4v) is 0. The van der Waals surface area contributed by atoms with Crippen LogP contribution in [-0.4, -0.2) is 23.9 Å². The van der Waals surface area contributed by atoms with E-state index in [2.05, 4.69) is 0 Å². The fraction of sp³-hybridized carbons (Fsp3) is 0. The van der Waals surface area contributed by atoms with Crippen LogP contribution in [-0.2, 0) is 0 Å². The molecule has 4 nitrogen and oxygen atoms in total. The van der Waals surface area contributed by atoms with E-state index in [1.807, 2.05) is 0 Å². The van der Waals surface area contributed by atoms with Crippen LogP contribution in [0.5, 0.6) is 0 Å². The van der Waals surface area contributed by atoms with Gasteiger partial charge in [-0.2, -0.15) is 0 Å². The normalized spacial score (nSPS) is 9.50. The summed E-state index contributed by atoms with van der Waals surface area (Å²) >= 11 is -5.93. The third-order valence-corrected chi connectivity index (χ3v) is 0. The van der Waals surface area contributed by atoms with E-state index in [9.17, 15) is 0 Å². The predicted octanol–water partition coefficient (Wildman–Crippen LogP) is -13.8. The predicted molar refractivity (Wildman–Crippen MR) is 9.37 cm³/mol. The van der Waals surface area contributed by atoms with Crippen molar-refractivity contribution in [3.8, 4) is 0 Å². The van der Waals surface area contributed by atoms with Crippen molar-refractivity contribution in [2.75, 3.05) is 0 Å². The van der Waals surface area contributed by atoms with E-state index < -0.39 is 20.5 Å².